The third kappa shape index (κ3) is 4.40. The maximum absolute atomic E-state index is 13.1. The Bertz CT molecular complexity index is 972. The molecule has 150 valence electrons. The molecule has 0 bridgehead atoms. The number of aryl methyl sites for hydroxylation is 1. The number of nitrogens with zero attached hydrogens (tertiary/aromatic N) is 1. The van der Waals surface area contributed by atoms with Crippen molar-refractivity contribution in [3.05, 3.63) is 58.6 Å². The average molecular weight is 421 g/mol. The number of hydrogen-bond acceptors (Lipinski definition) is 3. The van der Waals surface area contributed by atoms with Gasteiger partial charge in [-0.3, -0.25) is 4.79 Å². The predicted molar refractivity (Wildman–Crippen MR) is 112 cm³/mol. The summed E-state index contributed by atoms with van der Waals surface area (Å²) >= 11 is 5.96. The van der Waals surface area contributed by atoms with Crippen LogP contribution in [-0.2, 0) is 21.2 Å². The Morgan fingerprint density at radius 3 is 2.43 bits per heavy atom. The van der Waals surface area contributed by atoms with Gasteiger partial charge in [0.05, 0.1) is 4.90 Å². The van der Waals surface area contributed by atoms with Gasteiger partial charge in [0.15, 0.2) is 0 Å². The highest BCUT2D eigenvalue weighted by Gasteiger charge is 2.26. The van der Waals surface area contributed by atoms with Crippen molar-refractivity contribution in [2.75, 3.05) is 11.4 Å². The summed E-state index contributed by atoms with van der Waals surface area (Å²) in [6.07, 6.45) is 1.58. The Hall–Kier alpha value is -1.89. The molecule has 0 saturated carbocycles. The second-order valence-electron chi connectivity index (χ2n) is 7.46. The number of halogens is 1. The fourth-order valence-electron chi connectivity index (χ4n) is 3.56. The quantitative estimate of drug-likeness (QED) is 0.783. The number of hydrogen-bond donors (Lipinski definition) is 1. The number of nitrogens with one attached hydrogen (secondary N) is 1. The lowest BCUT2D eigenvalue weighted by Gasteiger charge is -2.29. The predicted octanol–water partition coefficient (Wildman–Crippen LogP) is 4.31. The number of sulfonamides is 1. The van der Waals surface area contributed by atoms with Crippen molar-refractivity contribution in [1.29, 1.82) is 0 Å². The summed E-state index contributed by atoms with van der Waals surface area (Å²) in [7, 11) is -3.72. The zero-order valence-corrected chi connectivity index (χ0v) is 17.8. The lowest BCUT2D eigenvalue weighted by molar-refractivity contribution is -0.116. The van der Waals surface area contributed by atoms with Crippen LogP contribution in [0.2, 0.25) is 5.02 Å². The molecule has 0 radical (unpaired) electrons. The molecule has 2 aromatic carbocycles. The molecular weight excluding hydrogens is 396 g/mol. The highest BCUT2D eigenvalue weighted by Crippen LogP contribution is 2.31. The molecule has 1 amide bonds. The van der Waals surface area contributed by atoms with Crippen molar-refractivity contribution in [1.82, 2.24) is 4.72 Å². The Kier molecular flexibility index (Phi) is 6.12. The van der Waals surface area contributed by atoms with E-state index in [1.807, 2.05) is 26.0 Å². The minimum absolute atomic E-state index is 0.0303. The van der Waals surface area contributed by atoms with Crippen molar-refractivity contribution in [2.45, 2.75) is 44.6 Å². The van der Waals surface area contributed by atoms with Gasteiger partial charge in [-0.1, -0.05) is 37.6 Å². The molecule has 1 aliphatic rings. The molecule has 1 N–H and O–H groups in total. The molecule has 0 unspecified atom stereocenters. The van der Waals surface area contributed by atoms with E-state index >= 15 is 0 Å². The van der Waals surface area contributed by atoms with Gasteiger partial charge in [0.1, 0.15) is 0 Å². The fourth-order valence-corrected chi connectivity index (χ4v) is 5.11. The topological polar surface area (TPSA) is 66.5 Å². The van der Waals surface area contributed by atoms with Crippen LogP contribution in [0.4, 0.5) is 5.69 Å². The highest BCUT2D eigenvalue weighted by atomic mass is 35.5. The van der Waals surface area contributed by atoms with Gasteiger partial charge in [-0.15, -0.1) is 0 Å². The Morgan fingerprint density at radius 2 is 1.82 bits per heavy atom. The summed E-state index contributed by atoms with van der Waals surface area (Å²) in [5, 5.41) is 0.610. The number of amides is 1. The van der Waals surface area contributed by atoms with E-state index in [-0.39, 0.29) is 22.8 Å². The second-order valence-corrected chi connectivity index (χ2v) is 9.61. The molecular formula is C21H25ClN2O3S. The van der Waals surface area contributed by atoms with E-state index in [2.05, 4.69) is 4.72 Å². The van der Waals surface area contributed by atoms with Gasteiger partial charge >= 0.3 is 0 Å². The molecule has 0 spiro atoms. The van der Waals surface area contributed by atoms with Crippen molar-refractivity contribution in [3.8, 4) is 0 Å². The van der Waals surface area contributed by atoms with E-state index in [1.54, 1.807) is 35.2 Å². The largest absolute Gasteiger partial charge is 0.312 e. The van der Waals surface area contributed by atoms with Crippen LogP contribution in [-0.4, -0.2) is 20.9 Å². The average Bonchev–Trinajstić information content (AvgIpc) is 2.65. The Morgan fingerprint density at radius 1 is 1.14 bits per heavy atom. The van der Waals surface area contributed by atoms with E-state index in [9.17, 15) is 13.2 Å². The van der Waals surface area contributed by atoms with Gasteiger partial charge in [-0.2, -0.15) is 0 Å². The highest BCUT2D eigenvalue weighted by molar-refractivity contribution is 7.89. The number of carbonyl (C=O) groups is 1. The number of fused-ring (bicyclic) bond motifs is 1. The molecule has 1 aliphatic heterocycles. The molecule has 0 aliphatic carbocycles. The van der Waals surface area contributed by atoms with Crippen molar-refractivity contribution in [2.24, 2.45) is 5.92 Å². The van der Waals surface area contributed by atoms with Gasteiger partial charge < -0.3 is 4.90 Å². The molecule has 1 heterocycles. The van der Waals surface area contributed by atoms with Crippen molar-refractivity contribution < 1.29 is 13.2 Å². The SMILES string of the molecule is CC(=O)N1CCCc2cc(S(=O)(=O)N[C@@H](c3ccc(Cl)cc3)C(C)C)ccc21. The molecule has 3 rings (SSSR count). The zero-order chi connectivity index (χ0) is 20.5. The lowest BCUT2D eigenvalue weighted by Crippen LogP contribution is -2.34. The minimum atomic E-state index is -3.72. The van der Waals surface area contributed by atoms with Crippen LogP contribution < -0.4 is 9.62 Å². The van der Waals surface area contributed by atoms with Crippen LogP contribution in [0.5, 0.6) is 0 Å². The molecule has 7 heteroatoms. The first-order valence-electron chi connectivity index (χ1n) is 9.38. The molecule has 0 saturated heterocycles. The van der Waals surface area contributed by atoms with E-state index in [0.717, 1.165) is 29.7 Å². The summed E-state index contributed by atoms with van der Waals surface area (Å²) < 4.78 is 29.0. The van der Waals surface area contributed by atoms with Crippen molar-refractivity contribution in [3.63, 3.8) is 0 Å². The van der Waals surface area contributed by atoms with Gasteiger partial charge in [0.2, 0.25) is 15.9 Å². The Labute approximate surface area is 171 Å². The first-order valence-corrected chi connectivity index (χ1v) is 11.2. The summed E-state index contributed by atoms with van der Waals surface area (Å²) in [5.74, 6) is 0.0269. The lowest BCUT2D eigenvalue weighted by atomic mass is 9.97. The van der Waals surface area contributed by atoms with Gasteiger partial charge in [-0.05, 0) is 60.2 Å². The standard InChI is InChI=1S/C21H25ClN2O3S/c1-14(2)21(16-6-8-18(22)9-7-16)23-28(26,27)19-10-11-20-17(13-19)5-4-12-24(20)15(3)25/h6-11,13-14,21,23H,4-5,12H2,1-3H3/t21-/m1/s1. The van der Waals surface area contributed by atoms with Crippen molar-refractivity contribution >= 4 is 33.2 Å². The third-order valence-electron chi connectivity index (χ3n) is 5.04. The number of anilines is 1. The second kappa shape index (κ2) is 8.23. The van der Waals surface area contributed by atoms with Crippen LogP contribution in [0.3, 0.4) is 0 Å². The summed E-state index contributed by atoms with van der Waals surface area (Å²) in [5.41, 5.74) is 2.55. The molecule has 28 heavy (non-hydrogen) atoms. The molecule has 5 nitrogen and oxygen atoms in total. The third-order valence-corrected chi connectivity index (χ3v) is 6.73. The number of benzene rings is 2. The molecule has 0 aromatic heterocycles. The van der Waals surface area contributed by atoms with Crippen LogP contribution in [0, 0.1) is 5.92 Å². The van der Waals surface area contributed by atoms with E-state index in [4.69, 9.17) is 11.6 Å². The molecule has 1 atom stereocenters. The van der Waals surface area contributed by atoms with Gasteiger partial charge in [0, 0.05) is 30.2 Å². The first-order chi connectivity index (χ1) is 13.2. The van der Waals surface area contributed by atoms with Crippen LogP contribution >= 0.6 is 11.6 Å². The summed E-state index contributed by atoms with van der Waals surface area (Å²) in [6.45, 7) is 6.14. The van der Waals surface area contributed by atoms with E-state index in [1.165, 1.54) is 6.92 Å². The zero-order valence-electron chi connectivity index (χ0n) is 16.3. The fraction of sp³-hybridized carbons (Fsp3) is 0.381. The van der Waals surface area contributed by atoms with E-state index < -0.39 is 10.0 Å². The first kappa shape index (κ1) is 20.8. The minimum Gasteiger partial charge on any atom is -0.312 e. The summed E-state index contributed by atoms with van der Waals surface area (Å²) in [6, 6.07) is 11.8. The molecule has 0 fully saturated rings. The smallest absolute Gasteiger partial charge is 0.241 e. The Balaban J connectivity index is 1.91. The number of rotatable bonds is 5. The maximum atomic E-state index is 13.1. The van der Waals surface area contributed by atoms with Gasteiger partial charge in [0.25, 0.3) is 0 Å². The van der Waals surface area contributed by atoms with Crippen LogP contribution in [0.1, 0.15) is 44.4 Å². The van der Waals surface area contributed by atoms with E-state index in [0.29, 0.717) is 11.6 Å². The monoisotopic (exact) mass is 420 g/mol. The normalized spacial score (nSPS) is 15.4. The maximum Gasteiger partial charge on any atom is 0.241 e. The van der Waals surface area contributed by atoms with Gasteiger partial charge in [-0.25, -0.2) is 13.1 Å². The van der Waals surface area contributed by atoms with Crippen LogP contribution in [0.25, 0.3) is 0 Å². The number of carbonyl (C=O) groups excluding carboxylic acids is 1. The summed E-state index contributed by atoms with van der Waals surface area (Å²) in [4.78, 5) is 13.8. The molecule has 2 aromatic rings. The van der Waals surface area contributed by atoms with Crippen LogP contribution in [0.15, 0.2) is 47.4 Å².